The van der Waals surface area contributed by atoms with Gasteiger partial charge in [0, 0.05) is 11.6 Å². The normalized spacial score (nSPS) is 19.1. The molecule has 2 aromatic rings. The lowest BCUT2D eigenvalue weighted by Gasteiger charge is -2.25. The molecule has 92 valence electrons. The topological polar surface area (TPSA) is 54.5 Å². The zero-order valence-electron chi connectivity index (χ0n) is 9.45. The lowest BCUT2D eigenvalue weighted by atomic mass is 10.2. The van der Waals surface area contributed by atoms with Crippen molar-refractivity contribution in [1.29, 1.82) is 0 Å². The van der Waals surface area contributed by atoms with Gasteiger partial charge in [0.15, 0.2) is 5.96 Å². The minimum absolute atomic E-state index is 0.0462. The number of hydrogen-bond acceptors (Lipinski definition) is 5. The number of thiazole rings is 1. The Balaban J connectivity index is 2.03. The second-order valence-electron chi connectivity index (χ2n) is 3.91. The van der Waals surface area contributed by atoms with E-state index >= 15 is 0 Å². The van der Waals surface area contributed by atoms with Crippen LogP contribution in [0.1, 0.15) is 11.0 Å². The molecule has 2 N–H and O–H groups in total. The second-order valence-corrected chi connectivity index (χ2v) is 5.24. The van der Waals surface area contributed by atoms with E-state index in [0.717, 1.165) is 10.7 Å². The van der Waals surface area contributed by atoms with E-state index < -0.39 is 0 Å². The van der Waals surface area contributed by atoms with Crippen molar-refractivity contribution >= 4 is 34.6 Å². The molecule has 1 aliphatic heterocycles. The van der Waals surface area contributed by atoms with Crippen molar-refractivity contribution in [2.24, 2.45) is 10.7 Å². The maximum absolute atomic E-state index is 6.23. The lowest BCUT2D eigenvalue weighted by Crippen LogP contribution is -2.36. The van der Waals surface area contributed by atoms with Gasteiger partial charge in [0.05, 0.1) is 17.3 Å². The standard InChI is InChI=1S/C12H11ClN4S/c13-8-3-1-2-4-9(8)17-10(7-16-12(17)14)11-15-5-6-18-11/h1-6,10H,7H2,(H2,14,16). The fourth-order valence-corrected chi connectivity index (χ4v) is 2.97. The smallest absolute Gasteiger partial charge is 0.196 e. The van der Waals surface area contributed by atoms with Crippen molar-refractivity contribution in [2.75, 3.05) is 11.4 Å². The molecule has 0 saturated carbocycles. The van der Waals surface area contributed by atoms with E-state index in [-0.39, 0.29) is 6.04 Å². The van der Waals surface area contributed by atoms with Crippen LogP contribution in [0.3, 0.4) is 0 Å². The van der Waals surface area contributed by atoms with Gasteiger partial charge in [-0.05, 0) is 12.1 Å². The van der Waals surface area contributed by atoms with E-state index in [0.29, 0.717) is 17.5 Å². The van der Waals surface area contributed by atoms with Gasteiger partial charge in [0.1, 0.15) is 11.0 Å². The van der Waals surface area contributed by atoms with Crippen molar-refractivity contribution < 1.29 is 0 Å². The van der Waals surface area contributed by atoms with Crippen molar-refractivity contribution in [1.82, 2.24) is 4.98 Å². The summed E-state index contributed by atoms with van der Waals surface area (Å²) in [7, 11) is 0. The number of rotatable bonds is 2. The Morgan fingerprint density at radius 2 is 2.22 bits per heavy atom. The summed E-state index contributed by atoms with van der Waals surface area (Å²) in [6.07, 6.45) is 1.79. The minimum Gasteiger partial charge on any atom is -0.369 e. The van der Waals surface area contributed by atoms with Crippen LogP contribution in [0, 0.1) is 0 Å². The van der Waals surface area contributed by atoms with Crippen LogP contribution in [-0.4, -0.2) is 17.5 Å². The highest BCUT2D eigenvalue weighted by atomic mass is 35.5. The van der Waals surface area contributed by atoms with Gasteiger partial charge in [-0.25, -0.2) is 4.98 Å². The van der Waals surface area contributed by atoms with Gasteiger partial charge in [-0.3, -0.25) is 9.89 Å². The maximum atomic E-state index is 6.23. The zero-order chi connectivity index (χ0) is 12.5. The fraction of sp³-hybridized carbons (Fsp3) is 0.167. The van der Waals surface area contributed by atoms with Crippen LogP contribution in [0.5, 0.6) is 0 Å². The van der Waals surface area contributed by atoms with Gasteiger partial charge in [-0.15, -0.1) is 11.3 Å². The molecule has 6 heteroatoms. The van der Waals surface area contributed by atoms with Gasteiger partial charge in [0.2, 0.25) is 0 Å². The number of hydrogen-bond donors (Lipinski definition) is 1. The van der Waals surface area contributed by atoms with Crippen LogP contribution in [-0.2, 0) is 0 Å². The minimum atomic E-state index is 0.0462. The van der Waals surface area contributed by atoms with Crippen LogP contribution >= 0.6 is 22.9 Å². The number of aromatic nitrogens is 1. The van der Waals surface area contributed by atoms with E-state index in [2.05, 4.69) is 9.98 Å². The maximum Gasteiger partial charge on any atom is 0.196 e. The highest BCUT2D eigenvalue weighted by molar-refractivity contribution is 7.09. The summed E-state index contributed by atoms with van der Waals surface area (Å²) in [5.41, 5.74) is 6.84. The van der Waals surface area contributed by atoms with Gasteiger partial charge in [-0.2, -0.15) is 0 Å². The third kappa shape index (κ3) is 1.85. The first-order chi connectivity index (χ1) is 8.77. The van der Waals surface area contributed by atoms with Gasteiger partial charge in [0.25, 0.3) is 0 Å². The Hall–Kier alpha value is -1.59. The molecule has 0 saturated heterocycles. The molecule has 0 bridgehead atoms. The Labute approximate surface area is 114 Å². The van der Waals surface area contributed by atoms with E-state index in [9.17, 15) is 0 Å². The Morgan fingerprint density at radius 1 is 1.39 bits per heavy atom. The van der Waals surface area contributed by atoms with Gasteiger partial charge < -0.3 is 5.73 Å². The van der Waals surface area contributed by atoms with Crippen molar-refractivity contribution in [3.8, 4) is 0 Å². The summed E-state index contributed by atoms with van der Waals surface area (Å²) in [6.45, 7) is 0.616. The second kappa shape index (κ2) is 4.59. The molecule has 1 aromatic heterocycles. The van der Waals surface area contributed by atoms with Gasteiger partial charge in [-0.1, -0.05) is 23.7 Å². The lowest BCUT2D eigenvalue weighted by molar-refractivity contribution is 0.760. The van der Waals surface area contributed by atoms with E-state index in [1.54, 1.807) is 17.5 Å². The van der Waals surface area contributed by atoms with Gasteiger partial charge >= 0.3 is 0 Å². The molecule has 1 aliphatic rings. The summed E-state index contributed by atoms with van der Waals surface area (Å²) in [6, 6.07) is 7.67. The summed E-state index contributed by atoms with van der Waals surface area (Å²) in [4.78, 5) is 10.6. The molecule has 4 nitrogen and oxygen atoms in total. The molecule has 3 rings (SSSR count). The highest BCUT2D eigenvalue weighted by Gasteiger charge is 2.31. The fourth-order valence-electron chi connectivity index (χ4n) is 2.02. The molecule has 1 unspecified atom stereocenters. The number of para-hydroxylation sites is 1. The van der Waals surface area contributed by atoms with E-state index in [4.69, 9.17) is 17.3 Å². The number of halogens is 1. The Bertz CT molecular complexity index is 582. The molecular formula is C12H11ClN4S. The van der Waals surface area contributed by atoms with Crippen LogP contribution < -0.4 is 10.6 Å². The molecule has 1 atom stereocenters. The quantitative estimate of drug-likeness (QED) is 0.919. The number of guanidine groups is 1. The largest absolute Gasteiger partial charge is 0.369 e. The summed E-state index contributed by atoms with van der Waals surface area (Å²) in [5, 5.41) is 3.62. The van der Waals surface area contributed by atoms with E-state index in [1.165, 1.54) is 0 Å². The average molecular weight is 279 g/mol. The number of anilines is 1. The molecule has 0 amide bonds. The molecule has 1 aromatic carbocycles. The third-order valence-electron chi connectivity index (χ3n) is 2.83. The molecule has 0 aliphatic carbocycles. The summed E-state index contributed by atoms with van der Waals surface area (Å²) >= 11 is 7.83. The molecule has 18 heavy (non-hydrogen) atoms. The predicted octanol–water partition coefficient (Wildman–Crippen LogP) is 2.67. The summed E-state index contributed by atoms with van der Waals surface area (Å²) in [5.74, 6) is 0.489. The van der Waals surface area contributed by atoms with Crippen molar-refractivity contribution in [3.05, 3.63) is 45.9 Å². The molecule has 0 radical (unpaired) electrons. The summed E-state index contributed by atoms with van der Waals surface area (Å²) < 4.78 is 0. The van der Waals surface area contributed by atoms with Crippen LogP contribution in [0.25, 0.3) is 0 Å². The van der Waals surface area contributed by atoms with Crippen molar-refractivity contribution in [3.63, 3.8) is 0 Å². The van der Waals surface area contributed by atoms with Crippen molar-refractivity contribution in [2.45, 2.75) is 6.04 Å². The first-order valence-corrected chi connectivity index (χ1v) is 6.76. The first-order valence-electron chi connectivity index (χ1n) is 5.50. The Morgan fingerprint density at radius 3 is 2.94 bits per heavy atom. The highest BCUT2D eigenvalue weighted by Crippen LogP contribution is 2.35. The zero-order valence-corrected chi connectivity index (χ0v) is 11.0. The van der Waals surface area contributed by atoms with E-state index in [1.807, 2.05) is 34.5 Å². The monoisotopic (exact) mass is 278 g/mol. The number of nitrogens with two attached hydrogens (primary N) is 1. The third-order valence-corrected chi connectivity index (χ3v) is 4.03. The van der Waals surface area contributed by atoms with Crippen LogP contribution in [0.15, 0.2) is 40.8 Å². The number of nitrogens with zero attached hydrogens (tertiary/aromatic N) is 3. The molecule has 0 fully saturated rings. The Kier molecular flexibility index (Phi) is 2.93. The SMILES string of the molecule is NC1=NCC(c2nccs2)N1c1ccccc1Cl. The average Bonchev–Trinajstić information content (AvgIpc) is 2.99. The molecule has 2 heterocycles. The first kappa shape index (κ1) is 11.5. The molecule has 0 spiro atoms. The number of benzene rings is 1. The predicted molar refractivity (Wildman–Crippen MR) is 75.3 cm³/mol. The number of aliphatic imine (C=N–C) groups is 1. The van der Waals surface area contributed by atoms with Crippen LogP contribution in [0.2, 0.25) is 5.02 Å². The molecular weight excluding hydrogens is 268 g/mol. The van der Waals surface area contributed by atoms with Crippen LogP contribution in [0.4, 0.5) is 5.69 Å².